The Labute approximate surface area is 134 Å². The summed E-state index contributed by atoms with van der Waals surface area (Å²) < 4.78 is 15.7. The number of para-hydroxylation sites is 1. The maximum absolute atomic E-state index is 11.8. The van der Waals surface area contributed by atoms with Gasteiger partial charge in [0.25, 0.3) is 0 Å². The van der Waals surface area contributed by atoms with Gasteiger partial charge in [0.15, 0.2) is 23.0 Å². The summed E-state index contributed by atoms with van der Waals surface area (Å²) in [7, 11) is 3.08. The number of carbonyl (C=O) groups is 1. The average molecular weight is 314 g/mol. The Bertz CT molecular complexity index is 749. The van der Waals surface area contributed by atoms with Gasteiger partial charge in [-0.15, -0.1) is 0 Å². The third-order valence-electron chi connectivity index (χ3n) is 3.23. The van der Waals surface area contributed by atoms with Crippen LogP contribution in [0.2, 0.25) is 0 Å². The molecule has 2 aromatic carbocycles. The fourth-order valence-electron chi connectivity index (χ4n) is 2.04. The molecule has 0 spiro atoms. The van der Waals surface area contributed by atoms with E-state index in [9.17, 15) is 9.90 Å². The molecule has 0 fully saturated rings. The Kier molecular flexibility index (Phi) is 4.91. The van der Waals surface area contributed by atoms with Crippen LogP contribution in [-0.2, 0) is 4.79 Å². The van der Waals surface area contributed by atoms with Crippen molar-refractivity contribution in [3.05, 3.63) is 48.6 Å². The zero-order valence-corrected chi connectivity index (χ0v) is 13.3. The summed E-state index contributed by atoms with van der Waals surface area (Å²) in [6, 6.07) is 10.1. The number of methoxy groups -OCH3 is 2. The highest BCUT2D eigenvalue weighted by Gasteiger charge is 2.17. The van der Waals surface area contributed by atoms with Gasteiger partial charge in [0, 0.05) is 11.1 Å². The van der Waals surface area contributed by atoms with Crippen LogP contribution in [0.1, 0.15) is 6.92 Å². The number of hydrogen-bond donors (Lipinski definition) is 1. The van der Waals surface area contributed by atoms with Crippen LogP contribution in [0.4, 0.5) is 0 Å². The van der Waals surface area contributed by atoms with Gasteiger partial charge in [-0.05, 0) is 30.7 Å². The van der Waals surface area contributed by atoms with E-state index in [-0.39, 0.29) is 17.1 Å². The summed E-state index contributed by atoms with van der Waals surface area (Å²) in [5, 5.41) is 10.0. The lowest BCUT2D eigenvalue weighted by molar-refractivity contribution is -0.130. The van der Waals surface area contributed by atoms with Crippen LogP contribution in [0.5, 0.6) is 23.0 Å². The normalized spacial score (nSPS) is 10.0. The van der Waals surface area contributed by atoms with Gasteiger partial charge in [-0.3, -0.25) is 0 Å². The van der Waals surface area contributed by atoms with Crippen LogP contribution >= 0.6 is 0 Å². The largest absolute Gasteiger partial charge is 0.504 e. The smallest absolute Gasteiger partial charge is 0.338 e. The van der Waals surface area contributed by atoms with E-state index < -0.39 is 5.97 Å². The first-order valence-electron chi connectivity index (χ1n) is 6.90. The molecule has 0 heterocycles. The minimum absolute atomic E-state index is 0.0766. The maximum atomic E-state index is 11.8. The lowest BCUT2D eigenvalue weighted by atomic mass is 10.0. The predicted octanol–water partition coefficient (Wildman–Crippen LogP) is 3.56. The monoisotopic (exact) mass is 314 g/mol. The van der Waals surface area contributed by atoms with Crippen molar-refractivity contribution in [3.8, 4) is 34.1 Å². The Hall–Kier alpha value is -2.95. The van der Waals surface area contributed by atoms with Crippen LogP contribution in [0.15, 0.2) is 48.6 Å². The minimum Gasteiger partial charge on any atom is -0.504 e. The van der Waals surface area contributed by atoms with Crippen molar-refractivity contribution in [2.24, 2.45) is 0 Å². The molecule has 0 unspecified atom stereocenters. The molecule has 5 heteroatoms. The van der Waals surface area contributed by atoms with Crippen LogP contribution in [0.3, 0.4) is 0 Å². The molecule has 1 N–H and O–H groups in total. The van der Waals surface area contributed by atoms with E-state index in [0.717, 1.165) is 0 Å². The van der Waals surface area contributed by atoms with E-state index in [4.69, 9.17) is 14.2 Å². The Morgan fingerprint density at radius 2 is 1.78 bits per heavy atom. The van der Waals surface area contributed by atoms with E-state index in [0.29, 0.717) is 22.6 Å². The molecular formula is C18H18O5. The number of ether oxygens (including phenoxy) is 3. The van der Waals surface area contributed by atoms with Gasteiger partial charge in [-0.2, -0.15) is 0 Å². The quantitative estimate of drug-likeness (QED) is 0.519. The molecular weight excluding hydrogens is 296 g/mol. The number of carbonyl (C=O) groups excluding carboxylic acids is 1. The molecule has 0 aliphatic rings. The van der Waals surface area contributed by atoms with Gasteiger partial charge in [-0.25, -0.2) is 4.79 Å². The van der Waals surface area contributed by atoms with Gasteiger partial charge in [-0.1, -0.05) is 24.8 Å². The highest BCUT2D eigenvalue weighted by Crippen LogP contribution is 2.40. The van der Waals surface area contributed by atoms with Gasteiger partial charge in [0.1, 0.15) is 0 Å². The molecule has 0 aromatic heterocycles. The number of phenols is 1. The Morgan fingerprint density at radius 3 is 2.39 bits per heavy atom. The van der Waals surface area contributed by atoms with Crippen LogP contribution in [0, 0.1) is 0 Å². The number of rotatable bonds is 5. The van der Waals surface area contributed by atoms with Crippen molar-refractivity contribution in [2.45, 2.75) is 6.92 Å². The van der Waals surface area contributed by atoms with Gasteiger partial charge in [0.2, 0.25) is 0 Å². The summed E-state index contributed by atoms with van der Waals surface area (Å²) in [6.45, 7) is 5.08. The summed E-state index contributed by atoms with van der Waals surface area (Å²) in [5.41, 5.74) is 1.51. The van der Waals surface area contributed by atoms with Crippen molar-refractivity contribution < 1.29 is 24.1 Å². The van der Waals surface area contributed by atoms with Crippen molar-refractivity contribution in [1.82, 2.24) is 0 Å². The molecule has 23 heavy (non-hydrogen) atoms. The fourth-order valence-corrected chi connectivity index (χ4v) is 2.04. The zero-order chi connectivity index (χ0) is 17.0. The Morgan fingerprint density at radius 1 is 1.09 bits per heavy atom. The highest BCUT2D eigenvalue weighted by atomic mass is 16.5. The molecule has 2 rings (SSSR count). The van der Waals surface area contributed by atoms with E-state index in [1.807, 2.05) is 0 Å². The number of phenolic OH excluding ortho intramolecular Hbond substituents is 1. The van der Waals surface area contributed by atoms with Crippen LogP contribution < -0.4 is 14.2 Å². The summed E-state index contributed by atoms with van der Waals surface area (Å²) >= 11 is 0. The maximum Gasteiger partial charge on any atom is 0.338 e. The molecule has 0 aliphatic heterocycles. The lowest BCUT2D eigenvalue weighted by Crippen LogP contribution is -2.09. The first-order valence-corrected chi connectivity index (χ1v) is 6.90. The van der Waals surface area contributed by atoms with Gasteiger partial charge >= 0.3 is 5.97 Å². The first-order chi connectivity index (χ1) is 11.0. The second-order valence-electron chi connectivity index (χ2n) is 4.89. The van der Waals surface area contributed by atoms with E-state index in [2.05, 4.69) is 6.58 Å². The standard InChI is InChI=1S/C18H18O5/c1-11(2)18(20)23-17-13(6-5-7-14(17)19)12-8-9-15(21-3)16(10-12)22-4/h5-10,19H,1H2,2-4H3. The third kappa shape index (κ3) is 3.45. The molecule has 0 saturated heterocycles. The third-order valence-corrected chi connectivity index (χ3v) is 3.23. The topological polar surface area (TPSA) is 65.0 Å². The van der Waals surface area contributed by atoms with Crippen LogP contribution in [0.25, 0.3) is 11.1 Å². The number of aromatic hydroxyl groups is 1. The molecule has 0 saturated carbocycles. The van der Waals surface area contributed by atoms with Crippen molar-refractivity contribution >= 4 is 5.97 Å². The minimum atomic E-state index is -0.603. The molecule has 0 radical (unpaired) electrons. The second-order valence-corrected chi connectivity index (χ2v) is 4.89. The first kappa shape index (κ1) is 16.4. The molecule has 0 atom stereocenters. The van der Waals surface area contributed by atoms with E-state index >= 15 is 0 Å². The molecule has 0 amide bonds. The fraction of sp³-hybridized carbons (Fsp3) is 0.167. The Balaban J connectivity index is 2.53. The SMILES string of the molecule is C=C(C)C(=O)Oc1c(O)cccc1-c1ccc(OC)c(OC)c1. The molecule has 120 valence electrons. The van der Waals surface area contributed by atoms with Gasteiger partial charge in [0.05, 0.1) is 14.2 Å². The van der Waals surface area contributed by atoms with Crippen LogP contribution in [-0.4, -0.2) is 25.3 Å². The van der Waals surface area contributed by atoms with Gasteiger partial charge < -0.3 is 19.3 Å². The molecule has 0 aliphatic carbocycles. The number of esters is 1. The summed E-state index contributed by atoms with van der Waals surface area (Å²) in [4.78, 5) is 11.8. The number of hydrogen-bond acceptors (Lipinski definition) is 5. The number of benzene rings is 2. The second kappa shape index (κ2) is 6.87. The zero-order valence-electron chi connectivity index (χ0n) is 13.3. The van der Waals surface area contributed by atoms with Crippen molar-refractivity contribution in [1.29, 1.82) is 0 Å². The lowest BCUT2D eigenvalue weighted by Gasteiger charge is -2.14. The molecule has 5 nitrogen and oxygen atoms in total. The van der Waals surface area contributed by atoms with E-state index in [1.165, 1.54) is 13.2 Å². The van der Waals surface area contributed by atoms with Crippen molar-refractivity contribution in [3.63, 3.8) is 0 Å². The van der Waals surface area contributed by atoms with E-state index in [1.54, 1.807) is 44.4 Å². The van der Waals surface area contributed by atoms with Crippen molar-refractivity contribution in [2.75, 3.05) is 14.2 Å². The molecule has 0 bridgehead atoms. The highest BCUT2D eigenvalue weighted by molar-refractivity contribution is 5.91. The molecule has 2 aromatic rings. The summed E-state index contributed by atoms with van der Waals surface area (Å²) in [6.07, 6.45) is 0. The predicted molar refractivity (Wildman–Crippen MR) is 87.1 cm³/mol. The average Bonchev–Trinajstić information content (AvgIpc) is 2.55. The summed E-state index contributed by atoms with van der Waals surface area (Å²) in [5.74, 6) is 0.454.